The summed E-state index contributed by atoms with van der Waals surface area (Å²) in [5, 5.41) is 2.51. The fourth-order valence-electron chi connectivity index (χ4n) is 1.59. The van der Waals surface area contributed by atoms with Crippen LogP contribution in [0.15, 0.2) is 24.3 Å². The summed E-state index contributed by atoms with van der Waals surface area (Å²) < 4.78 is 40.4. The zero-order valence-electron chi connectivity index (χ0n) is 8.62. The van der Waals surface area contributed by atoms with Crippen molar-refractivity contribution >= 4 is 11.7 Å². The van der Waals surface area contributed by atoms with Crippen molar-refractivity contribution in [2.24, 2.45) is 0 Å². The quantitative estimate of drug-likeness (QED) is 0.868. The van der Waals surface area contributed by atoms with Gasteiger partial charge in [0.1, 0.15) is 0 Å². The molecule has 0 aliphatic carbocycles. The van der Waals surface area contributed by atoms with Crippen molar-refractivity contribution in [3.05, 3.63) is 24.3 Å². The SMILES string of the molecule is O=C1NCCN1c1ccccc1OC(F)(F)F. The molecule has 1 saturated heterocycles. The second-order valence-electron chi connectivity index (χ2n) is 3.40. The lowest BCUT2D eigenvalue weighted by Crippen LogP contribution is -2.29. The molecule has 4 nitrogen and oxygen atoms in total. The highest BCUT2D eigenvalue weighted by atomic mass is 19.4. The molecule has 0 aromatic heterocycles. The molecule has 92 valence electrons. The number of urea groups is 1. The van der Waals surface area contributed by atoms with E-state index in [-0.39, 0.29) is 11.4 Å². The third kappa shape index (κ3) is 2.61. The molecule has 2 amide bonds. The fraction of sp³-hybridized carbons (Fsp3) is 0.300. The van der Waals surface area contributed by atoms with E-state index in [9.17, 15) is 18.0 Å². The molecule has 1 aliphatic heterocycles. The summed E-state index contributed by atoms with van der Waals surface area (Å²) in [4.78, 5) is 12.6. The molecule has 0 radical (unpaired) electrons. The van der Waals surface area contributed by atoms with Crippen LogP contribution < -0.4 is 15.0 Å². The van der Waals surface area contributed by atoms with Gasteiger partial charge in [-0.25, -0.2) is 4.79 Å². The van der Waals surface area contributed by atoms with Gasteiger partial charge in [-0.05, 0) is 12.1 Å². The van der Waals surface area contributed by atoms with Crippen LogP contribution >= 0.6 is 0 Å². The number of para-hydroxylation sites is 2. The molecule has 1 aliphatic rings. The number of hydrogen-bond acceptors (Lipinski definition) is 2. The molecule has 0 atom stereocenters. The first kappa shape index (κ1) is 11.6. The number of benzene rings is 1. The van der Waals surface area contributed by atoms with E-state index in [1.807, 2.05) is 0 Å². The number of carbonyl (C=O) groups is 1. The number of amides is 2. The van der Waals surface area contributed by atoms with Crippen LogP contribution in [0.4, 0.5) is 23.7 Å². The van der Waals surface area contributed by atoms with Crippen molar-refractivity contribution < 1.29 is 22.7 Å². The lowest BCUT2D eigenvalue weighted by Gasteiger charge is -2.19. The Morgan fingerprint density at radius 2 is 2.00 bits per heavy atom. The minimum atomic E-state index is -4.77. The number of nitrogens with one attached hydrogen (secondary N) is 1. The van der Waals surface area contributed by atoms with E-state index in [1.165, 1.54) is 23.1 Å². The van der Waals surface area contributed by atoms with Crippen LogP contribution in [0.25, 0.3) is 0 Å². The molecule has 1 fully saturated rings. The molecule has 17 heavy (non-hydrogen) atoms. The predicted octanol–water partition coefficient (Wildman–Crippen LogP) is 2.11. The van der Waals surface area contributed by atoms with Crippen LogP contribution in [-0.4, -0.2) is 25.5 Å². The first-order valence-corrected chi connectivity index (χ1v) is 4.87. The van der Waals surface area contributed by atoms with Gasteiger partial charge in [0, 0.05) is 13.1 Å². The van der Waals surface area contributed by atoms with Gasteiger partial charge >= 0.3 is 12.4 Å². The van der Waals surface area contributed by atoms with Gasteiger partial charge in [-0.15, -0.1) is 13.2 Å². The first-order chi connectivity index (χ1) is 7.97. The van der Waals surface area contributed by atoms with E-state index >= 15 is 0 Å². The second-order valence-corrected chi connectivity index (χ2v) is 3.40. The molecular weight excluding hydrogens is 237 g/mol. The van der Waals surface area contributed by atoms with E-state index in [0.717, 1.165) is 0 Å². The Hall–Kier alpha value is -1.92. The van der Waals surface area contributed by atoms with Gasteiger partial charge in [0.25, 0.3) is 0 Å². The Labute approximate surface area is 95.0 Å². The monoisotopic (exact) mass is 246 g/mol. The number of ether oxygens (including phenoxy) is 1. The number of alkyl halides is 3. The smallest absolute Gasteiger partial charge is 0.404 e. The third-order valence-corrected chi connectivity index (χ3v) is 2.24. The molecule has 0 spiro atoms. The maximum Gasteiger partial charge on any atom is 0.573 e. The number of hydrogen-bond donors (Lipinski definition) is 1. The van der Waals surface area contributed by atoms with Crippen molar-refractivity contribution in [2.75, 3.05) is 18.0 Å². The maximum atomic E-state index is 12.2. The zero-order valence-corrected chi connectivity index (χ0v) is 8.62. The summed E-state index contributed by atoms with van der Waals surface area (Å²) in [5.74, 6) is -0.378. The first-order valence-electron chi connectivity index (χ1n) is 4.87. The number of carbonyl (C=O) groups excluding carboxylic acids is 1. The molecule has 2 rings (SSSR count). The normalized spacial score (nSPS) is 15.9. The van der Waals surface area contributed by atoms with Gasteiger partial charge in [0.2, 0.25) is 0 Å². The molecule has 1 aromatic carbocycles. The standard InChI is InChI=1S/C10H9F3N2O2/c11-10(12,13)17-8-4-2-1-3-7(8)15-6-5-14-9(15)16/h1-4H,5-6H2,(H,14,16). The Morgan fingerprint density at radius 1 is 1.29 bits per heavy atom. The van der Waals surface area contributed by atoms with Gasteiger partial charge in [-0.2, -0.15) is 0 Å². The Balaban J connectivity index is 2.30. The minimum Gasteiger partial charge on any atom is -0.404 e. The van der Waals surface area contributed by atoms with Crippen LogP contribution in [-0.2, 0) is 0 Å². The topological polar surface area (TPSA) is 41.6 Å². The second kappa shape index (κ2) is 4.15. The minimum absolute atomic E-state index is 0.111. The molecule has 1 heterocycles. The molecular formula is C10H9F3N2O2. The van der Waals surface area contributed by atoms with E-state index < -0.39 is 12.4 Å². The van der Waals surface area contributed by atoms with Gasteiger partial charge < -0.3 is 10.1 Å². The Bertz CT molecular complexity index is 434. The summed E-state index contributed by atoms with van der Waals surface area (Å²) in [6, 6.07) is 5.12. The van der Waals surface area contributed by atoms with Crippen molar-refractivity contribution in [3.8, 4) is 5.75 Å². The summed E-state index contributed by atoms with van der Waals surface area (Å²) in [6.45, 7) is 0.719. The van der Waals surface area contributed by atoms with E-state index in [2.05, 4.69) is 10.1 Å². The van der Waals surface area contributed by atoms with Gasteiger partial charge in [-0.1, -0.05) is 12.1 Å². The largest absolute Gasteiger partial charge is 0.573 e. The van der Waals surface area contributed by atoms with Crippen LogP contribution in [0.3, 0.4) is 0 Å². The van der Waals surface area contributed by atoms with E-state index in [1.54, 1.807) is 6.07 Å². The van der Waals surface area contributed by atoms with Crippen LogP contribution in [0.1, 0.15) is 0 Å². The van der Waals surface area contributed by atoms with Crippen molar-refractivity contribution in [1.29, 1.82) is 0 Å². The maximum absolute atomic E-state index is 12.2. The molecule has 1 N–H and O–H groups in total. The van der Waals surface area contributed by atoms with Gasteiger partial charge in [0.15, 0.2) is 5.75 Å². The molecule has 0 bridgehead atoms. The van der Waals surface area contributed by atoms with Crippen molar-refractivity contribution in [3.63, 3.8) is 0 Å². The molecule has 0 unspecified atom stereocenters. The van der Waals surface area contributed by atoms with Crippen LogP contribution in [0.2, 0.25) is 0 Å². The van der Waals surface area contributed by atoms with E-state index in [4.69, 9.17) is 0 Å². The Morgan fingerprint density at radius 3 is 2.59 bits per heavy atom. The highest BCUT2D eigenvalue weighted by Gasteiger charge is 2.34. The number of anilines is 1. The van der Waals surface area contributed by atoms with Crippen LogP contribution in [0.5, 0.6) is 5.75 Å². The fourth-order valence-corrected chi connectivity index (χ4v) is 1.59. The number of nitrogens with zero attached hydrogens (tertiary/aromatic N) is 1. The number of halogens is 3. The lowest BCUT2D eigenvalue weighted by atomic mass is 10.2. The summed E-state index contributed by atoms with van der Waals surface area (Å²) in [6.07, 6.45) is -4.77. The highest BCUT2D eigenvalue weighted by Crippen LogP contribution is 2.33. The zero-order chi connectivity index (χ0) is 12.5. The van der Waals surface area contributed by atoms with Gasteiger partial charge in [-0.3, -0.25) is 4.90 Å². The average Bonchev–Trinajstić information content (AvgIpc) is 2.63. The van der Waals surface area contributed by atoms with E-state index in [0.29, 0.717) is 13.1 Å². The molecule has 1 aromatic rings. The summed E-state index contributed by atoms with van der Waals surface area (Å²) in [7, 11) is 0. The summed E-state index contributed by atoms with van der Waals surface area (Å²) in [5.41, 5.74) is 0.111. The van der Waals surface area contributed by atoms with Crippen LogP contribution in [0, 0.1) is 0 Å². The Kier molecular flexibility index (Phi) is 2.83. The average molecular weight is 246 g/mol. The van der Waals surface area contributed by atoms with Crippen molar-refractivity contribution in [2.45, 2.75) is 6.36 Å². The van der Waals surface area contributed by atoms with Crippen molar-refractivity contribution in [1.82, 2.24) is 5.32 Å². The summed E-state index contributed by atoms with van der Waals surface area (Å²) >= 11 is 0. The third-order valence-electron chi connectivity index (χ3n) is 2.24. The number of rotatable bonds is 2. The van der Waals surface area contributed by atoms with Gasteiger partial charge in [0.05, 0.1) is 5.69 Å². The molecule has 0 saturated carbocycles. The highest BCUT2D eigenvalue weighted by molar-refractivity contribution is 5.95. The lowest BCUT2D eigenvalue weighted by molar-refractivity contribution is -0.274. The predicted molar refractivity (Wildman–Crippen MR) is 53.9 cm³/mol. The molecule has 7 heteroatoms.